The van der Waals surface area contributed by atoms with Crippen molar-refractivity contribution in [1.29, 1.82) is 0 Å². The Hall–Kier alpha value is -9.19. The van der Waals surface area contributed by atoms with E-state index in [1.165, 1.54) is 125 Å². The van der Waals surface area contributed by atoms with Crippen molar-refractivity contribution in [2.75, 3.05) is 0 Å². The number of hydrogen-bond acceptors (Lipinski definition) is 2. The molecule has 1 atom stereocenters. The molecule has 0 bridgehead atoms. The summed E-state index contributed by atoms with van der Waals surface area (Å²) in [5.41, 5.74) is 8.41. The molecule has 0 saturated carbocycles. The minimum Gasteiger partial charge on any atom is -0.207 e. The monoisotopic (exact) mass is 995 g/mol. The van der Waals surface area contributed by atoms with Crippen LogP contribution in [0.3, 0.4) is 0 Å². The quantitative estimate of drug-likeness (QED) is 0.175. The van der Waals surface area contributed by atoms with Crippen molar-refractivity contribution in [3.05, 3.63) is 87.5 Å². The van der Waals surface area contributed by atoms with Crippen LogP contribution in [0.2, 0.25) is 0 Å². The Bertz CT molecular complexity index is 7830. The molecule has 1 unspecified atom stereocenters. The molecule has 30 aromatic rings. The van der Waals surface area contributed by atoms with E-state index < -0.39 is 21.5 Å². The molecule has 4 aliphatic rings. The topological polar surface area (TPSA) is 46.2 Å². The van der Waals surface area contributed by atoms with Gasteiger partial charge in [-0.15, -0.1) is 0 Å². The van der Waals surface area contributed by atoms with Crippen LogP contribution in [-0.4, -0.2) is 8.42 Å². The van der Waals surface area contributed by atoms with Gasteiger partial charge in [-0.1, -0.05) is 47.5 Å². The molecule has 34 rings (SSSR count). The van der Waals surface area contributed by atoms with Crippen LogP contribution >= 0.6 is 0 Å². The second-order valence-electron chi connectivity index (χ2n) is 27.9. The maximum atomic E-state index is 16.1. The first kappa shape index (κ1) is 31.9. The molecule has 79 heavy (non-hydrogen) atoms. The Labute approximate surface area is 434 Å². The summed E-state index contributed by atoms with van der Waals surface area (Å²) in [5.74, 6) is -0.120. The van der Waals surface area contributed by atoms with Crippen molar-refractivity contribution in [3.8, 4) is 0 Å². The van der Waals surface area contributed by atoms with Crippen LogP contribution in [0, 0.1) is 13.8 Å². The van der Waals surface area contributed by atoms with Crippen molar-refractivity contribution in [2.24, 2.45) is 0 Å². The number of sulfonamides is 1. The van der Waals surface area contributed by atoms with E-state index in [1.54, 1.807) is 194 Å². The van der Waals surface area contributed by atoms with Gasteiger partial charge in [-0.3, -0.25) is 0 Å². The molecule has 4 aliphatic carbocycles. The van der Waals surface area contributed by atoms with E-state index in [4.69, 9.17) is 0 Å². The van der Waals surface area contributed by atoms with E-state index in [-0.39, 0.29) is 5.92 Å². The van der Waals surface area contributed by atoms with E-state index >= 15 is 8.42 Å². The summed E-state index contributed by atoms with van der Waals surface area (Å²) in [4.78, 5) is 0.333. The third-order valence-electron chi connectivity index (χ3n) is 26.7. The van der Waals surface area contributed by atoms with Gasteiger partial charge in [0.25, 0.3) is 0 Å². The summed E-state index contributed by atoms with van der Waals surface area (Å²) in [5, 5.41) is 83.7. The number of aryl methyl sites for hydroxylation is 2. The fourth-order valence-electron chi connectivity index (χ4n) is 25.8. The molecular weight excluding hydrogens is 979 g/mol. The Morgan fingerprint density at radius 1 is 0.291 bits per heavy atom. The lowest BCUT2D eigenvalue weighted by molar-refractivity contribution is 0.363. The SMILES string of the molecule is Cc1ccc(C(NS(=O)(=O)c2ccc(C)cc2)C23c4c5c6c7c8c9c(c%10c%11c2c2c4c4c%12c5c5c6c6c8c8c%13c9c9c%10c%10c%11c%11c2c2c4c4c%12c%12c5c5c6c8c6c8c%13c9c9c%10c%10c%11c2c2c4c4c%12c5c6c5c8c9c%10c2c45)C73)cc1. The second-order valence-corrected chi connectivity index (χ2v) is 29.6. The number of nitrogens with one attached hydrogen (secondary N) is 1. The van der Waals surface area contributed by atoms with Crippen molar-refractivity contribution in [3.63, 3.8) is 0 Å². The predicted octanol–water partition coefficient (Wildman–Crippen LogP) is 19.5. The standard InChI is InChI=1S/C75H17NO2S/c1-11-3-7-13(8-4-11)74(76-79(77,78)14-9-5-12(2)6-10-14)75-71-67-61-47-39-31-19-16-15-17-20(19)32-34-30-24(17)26-22-18(15)21-25-23(16)29-33(31)45(47)53-51-37(29)35(25)43-41-27(21)28(22)42-44-36(26)38(30)52-54-46(34)48(40(32)39)62(61)68(71)64(54)66-58(52)56(44)60-50(42)49(41)59-55(43)57(51)65(63(53)67)72(75)69(59)70(60)73(66)75/h3-10,71,74,76H,1-2H3. The van der Waals surface area contributed by atoms with Gasteiger partial charge in [0.1, 0.15) is 0 Å². The highest BCUT2D eigenvalue weighted by Crippen LogP contribution is 2.84. The van der Waals surface area contributed by atoms with Crippen LogP contribution in [0.25, 0.3) is 291 Å². The zero-order chi connectivity index (χ0) is 48.3. The fraction of sp³-hybridized carbons (Fsp3) is 0.0667. The van der Waals surface area contributed by atoms with Gasteiger partial charge < -0.3 is 0 Å². The summed E-state index contributed by atoms with van der Waals surface area (Å²) in [7, 11) is -4.12. The van der Waals surface area contributed by atoms with E-state index in [1.807, 2.05) is 24.3 Å². The molecule has 0 radical (unpaired) electrons. The molecule has 0 heterocycles. The third-order valence-corrected chi connectivity index (χ3v) is 28.1. The molecule has 3 nitrogen and oxygen atoms in total. The summed E-state index contributed by atoms with van der Waals surface area (Å²) >= 11 is 0. The highest BCUT2D eigenvalue weighted by Gasteiger charge is 2.66. The van der Waals surface area contributed by atoms with Crippen molar-refractivity contribution < 1.29 is 8.42 Å². The molecule has 340 valence electrons. The van der Waals surface area contributed by atoms with Crippen molar-refractivity contribution >= 4 is 301 Å². The summed E-state index contributed by atoms with van der Waals surface area (Å²) in [6.07, 6.45) is 0. The second kappa shape index (κ2) is 7.62. The maximum absolute atomic E-state index is 16.1. The highest BCUT2D eigenvalue weighted by molar-refractivity contribution is 7.89. The van der Waals surface area contributed by atoms with E-state index in [0.717, 1.165) is 11.1 Å². The van der Waals surface area contributed by atoms with Gasteiger partial charge >= 0.3 is 0 Å². The fourth-order valence-corrected chi connectivity index (χ4v) is 27.1. The Balaban J connectivity index is 1.05. The molecular formula is C75H17NO2S. The van der Waals surface area contributed by atoms with Crippen molar-refractivity contribution in [2.45, 2.75) is 36.1 Å². The number of benzene rings is 20. The molecule has 30 aromatic carbocycles. The van der Waals surface area contributed by atoms with Gasteiger partial charge in [-0.25, -0.2) is 13.1 Å². The molecule has 0 aromatic heterocycles. The molecule has 0 fully saturated rings. The first-order valence-electron chi connectivity index (χ1n) is 28.9. The van der Waals surface area contributed by atoms with Crippen LogP contribution in [0.15, 0.2) is 53.4 Å². The first-order valence-corrected chi connectivity index (χ1v) is 30.3. The molecule has 1 N–H and O–H groups in total. The van der Waals surface area contributed by atoms with Gasteiger partial charge in [-0.2, -0.15) is 0 Å². The van der Waals surface area contributed by atoms with Crippen molar-refractivity contribution in [1.82, 2.24) is 4.72 Å². The van der Waals surface area contributed by atoms with Gasteiger partial charge in [0.15, 0.2) is 0 Å². The van der Waals surface area contributed by atoms with E-state index in [2.05, 4.69) is 42.8 Å². The van der Waals surface area contributed by atoms with Crippen LogP contribution < -0.4 is 4.72 Å². The highest BCUT2D eigenvalue weighted by atomic mass is 32.2. The third kappa shape index (κ3) is 1.94. The lowest BCUT2D eigenvalue weighted by atomic mass is 9.53. The number of hydrogen-bond donors (Lipinski definition) is 1. The predicted molar refractivity (Wildman–Crippen MR) is 330 cm³/mol. The van der Waals surface area contributed by atoms with Gasteiger partial charge in [0, 0.05) is 5.92 Å². The van der Waals surface area contributed by atoms with Gasteiger partial charge in [0.2, 0.25) is 10.0 Å². The smallest absolute Gasteiger partial charge is 0.207 e. The van der Waals surface area contributed by atoms with Crippen LogP contribution in [-0.2, 0) is 15.4 Å². The summed E-state index contributed by atoms with van der Waals surface area (Å²) in [6, 6.07) is 16.1. The molecule has 4 heteroatoms. The Kier molecular flexibility index (Phi) is 3.07. The van der Waals surface area contributed by atoms with E-state index in [0.29, 0.717) is 4.90 Å². The van der Waals surface area contributed by atoms with Gasteiger partial charge in [-0.05, 0) is 345 Å². The van der Waals surface area contributed by atoms with Crippen LogP contribution in [0.5, 0.6) is 0 Å². The molecule has 0 spiro atoms. The lowest BCUT2D eigenvalue weighted by Crippen LogP contribution is -2.49. The Morgan fingerprint density at radius 2 is 0.494 bits per heavy atom. The average Bonchev–Trinajstić information content (AvgIpc) is 1.53. The Morgan fingerprint density at radius 3 is 0.759 bits per heavy atom. The van der Waals surface area contributed by atoms with Crippen LogP contribution in [0.1, 0.15) is 50.9 Å². The summed E-state index contributed by atoms with van der Waals surface area (Å²) in [6.45, 7) is 4.24. The van der Waals surface area contributed by atoms with E-state index in [9.17, 15) is 0 Å². The first-order chi connectivity index (χ1) is 39.0. The zero-order valence-electron chi connectivity index (χ0n) is 41.0. The average molecular weight is 996 g/mol. The molecule has 0 aliphatic heterocycles. The zero-order valence-corrected chi connectivity index (χ0v) is 41.8. The largest absolute Gasteiger partial charge is 0.241 e. The maximum Gasteiger partial charge on any atom is 0.241 e. The minimum atomic E-state index is -4.12. The summed E-state index contributed by atoms with van der Waals surface area (Å²) < 4.78 is 36.1. The number of rotatable bonds is 5. The lowest BCUT2D eigenvalue weighted by Gasteiger charge is -2.50. The van der Waals surface area contributed by atoms with Gasteiger partial charge in [0.05, 0.1) is 16.4 Å². The molecule has 0 amide bonds. The van der Waals surface area contributed by atoms with Crippen LogP contribution in [0.4, 0.5) is 0 Å². The normalized spacial score (nSPS) is 20.3. The minimum absolute atomic E-state index is 0.120. The molecule has 0 saturated heterocycles.